The summed E-state index contributed by atoms with van der Waals surface area (Å²) in [6.07, 6.45) is 5.70. The molecular formula is C16H27NO2. The largest absolute Gasteiger partial charge is 0.493 e. The van der Waals surface area contributed by atoms with Crippen LogP contribution in [0.1, 0.15) is 44.6 Å². The van der Waals surface area contributed by atoms with Crippen LogP contribution >= 0.6 is 0 Å². The summed E-state index contributed by atoms with van der Waals surface area (Å²) >= 11 is 0. The lowest BCUT2D eigenvalue weighted by Crippen LogP contribution is -2.16. The maximum atomic E-state index is 8.74. The van der Waals surface area contributed by atoms with Crippen LogP contribution in [0.15, 0.2) is 24.3 Å². The van der Waals surface area contributed by atoms with E-state index in [2.05, 4.69) is 18.3 Å². The zero-order valence-corrected chi connectivity index (χ0v) is 12.0. The summed E-state index contributed by atoms with van der Waals surface area (Å²) < 4.78 is 5.85. The Morgan fingerprint density at radius 2 is 1.95 bits per heavy atom. The van der Waals surface area contributed by atoms with Gasteiger partial charge in [-0.1, -0.05) is 44.4 Å². The van der Waals surface area contributed by atoms with Gasteiger partial charge in [0.15, 0.2) is 0 Å². The molecule has 3 heteroatoms. The predicted molar refractivity (Wildman–Crippen MR) is 79.5 cm³/mol. The monoisotopic (exact) mass is 265 g/mol. The van der Waals surface area contributed by atoms with Crippen molar-refractivity contribution in [2.45, 2.75) is 45.6 Å². The fraction of sp³-hybridized carbons (Fsp3) is 0.625. The number of unbranched alkanes of at least 4 members (excludes halogenated alkanes) is 3. The lowest BCUT2D eigenvalue weighted by Gasteiger charge is -2.12. The number of ether oxygens (including phenoxy) is 1. The van der Waals surface area contributed by atoms with Crippen molar-refractivity contribution < 1.29 is 9.84 Å². The first-order chi connectivity index (χ1) is 9.38. The fourth-order valence-electron chi connectivity index (χ4n) is 1.93. The Kier molecular flexibility index (Phi) is 9.11. The third-order valence-electron chi connectivity index (χ3n) is 3.06. The maximum Gasteiger partial charge on any atom is 0.123 e. The molecule has 1 aromatic carbocycles. The highest BCUT2D eigenvalue weighted by Gasteiger charge is 2.02. The van der Waals surface area contributed by atoms with Gasteiger partial charge in [-0.05, 0) is 25.5 Å². The lowest BCUT2D eigenvalue weighted by molar-refractivity contribution is 0.285. The fourth-order valence-corrected chi connectivity index (χ4v) is 1.93. The van der Waals surface area contributed by atoms with Crippen LogP contribution in [0.5, 0.6) is 5.75 Å². The topological polar surface area (TPSA) is 41.5 Å². The van der Waals surface area contributed by atoms with Crippen LogP contribution in [0.2, 0.25) is 0 Å². The van der Waals surface area contributed by atoms with Gasteiger partial charge in [-0.25, -0.2) is 0 Å². The van der Waals surface area contributed by atoms with Gasteiger partial charge < -0.3 is 15.2 Å². The van der Waals surface area contributed by atoms with E-state index in [4.69, 9.17) is 9.84 Å². The molecule has 0 aliphatic carbocycles. The van der Waals surface area contributed by atoms with Crippen molar-refractivity contribution >= 4 is 0 Å². The first-order valence-corrected chi connectivity index (χ1v) is 7.40. The van der Waals surface area contributed by atoms with E-state index in [9.17, 15) is 0 Å². The summed E-state index contributed by atoms with van der Waals surface area (Å²) in [6, 6.07) is 8.17. The Bertz CT molecular complexity index is 328. The molecule has 2 N–H and O–H groups in total. The quantitative estimate of drug-likeness (QED) is 0.604. The minimum atomic E-state index is 0.239. The molecule has 0 fully saturated rings. The maximum absolute atomic E-state index is 8.74. The summed E-state index contributed by atoms with van der Waals surface area (Å²) in [6.45, 7) is 4.89. The summed E-state index contributed by atoms with van der Waals surface area (Å²) in [5.74, 6) is 0.982. The highest BCUT2D eigenvalue weighted by Crippen LogP contribution is 2.18. The van der Waals surface area contributed by atoms with Crippen LogP contribution in [0.25, 0.3) is 0 Å². The van der Waals surface area contributed by atoms with E-state index in [1.807, 2.05) is 18.2 Å². The van der Waals surface area contributed by atoms with Gasteiger partial charge in [-0.2, -0.15) is 0 Å². The van der Waals surface area contributed by atoms with Gasteiger partial charge in [0.1, 0.15) is 5.75 Å². The van der Waals surface area contributed by atoms with E-state index in [1.165, 1.54) is 24.8 Å². The molecule has 0 amide bonds. The van der Waals surface area contributed by atoms with E-state index in [0.717, 1.165) is 38.3 Å². The predicted octanol–water partition coefficient (Wildman–Crippen LogP) is 3.12. The van der Waals surface area contributed by atoms with Crippen LogP contribution in [0, 0.1) is 0 Å². The Morgan fingerprint density at radius 3 is 2.74 bits per heavy atom. The highest BCUT2D eigenvalue weighted by atomic mass is 16.5. The second kappa shape index (κ2) is 10.8. The molecule has 0 radical (unpaired) electrons. The number of para-hydroxylation sites is 1. The number of rotatable bonds is 11. The van der Waals surface area contributed by atoms with Gasteiger partial charge in [0.2, 0.25) is 0 Å². The summed E-state index contributed by atoms with van der Waals surface area (Å²) in [4.78, 5) is 0. The van der Waals surface area contributed by atoms with Crippen LogP contribution < -0.4 is 10.1 Å². The molecule has 3 nitrogen and oxygen atoms in total. The third-order valence-corrected chi connectivity index (χ3v) is 3.06. The summed E-state index contributed by atoms with van der Waals surface area (Å²) in [5.41, 5.74) is 1.19. The second-order valence-electron chi connectivity index (χ2n) is 4.77. The van der Waals surface area contributed by atoms with Crippen LogP contribution in [0.3, 0.4) is 0 Å². The standard InChI is InChI=1S/C16H27NO2/c1-2-3-4-7-13-19-16-10-6-5-9-15(16)14-17-11-8-12-18/h5-6,9-10,17-18H,2-4,7-8,11-14H2,1H3. The molecule has 0 aliphatic rings. The lowest BCUT2D eigenvalue weighted by atomic mass is 10.2. The number of hydrogen-bond acceptors (Lipinski definition) is 3. The first-order valence-electron chi connectivity index (χ1n) is 7.40. The van der Waals surface area contributed by atoms with Gasteiger partial charge in [-0.3, -0.25) is 0 Å². The van der Waals surface area contributed by atoms with E-state index in [0.29, 0.717) is 0 Å². The van der Waals surface area contributed by atoms with E-state index >= 15 is 0 Å². The molecule has 0 aliphatic heterocycles. The Hall–Kier alpha value is -1.06. The Morgan fingerprint density at radius 1 is 1.11 bits per heavy atom. The van der Waals surface area contributed by atoms with E-state index < -0.39 is 0 Å². The van der Waals surface area contributed by atoms with Gasteiger partial charge in [0.05, 0.1) is 6.61 Å². The summed E-state index contributed by atoms with van der Waals surface area (Å²) in [5, 5.41) is 12.1. The highest BCUT2D eigenvalue weighted by molar-refractivity contribution is 5.33. The average Bonchev–Trinajstić information content (AvgIpc) is 2.45. The summed E-state index contributed by atoms with van der Waals surface area (Å²) in [7, 11) is 0. The van der Waals surface area contributed by atoms with Crippen molar-refractivity contribution in [2.24, 2.45) is 0 Å². The minimum Gasteiger partial charge on any atom is -0.493 e. The molecule has 1 aromatic rings. The molecule has 0 atom stereocenters. The van der Waals surface area contributed by atoms with Crippen molar-refractivity contribution in [1.82, 2.24) is 5.32 Å². The molecule has 108 valence electrons. The van der Waals surface area contributed by atoms with Crippen molar-refractivity contribution in [3.63, 3.8) is 0 Å². The molecule has 0 aromatic heterocycles. The SMILES string of the molecule is CCCCCCOc1ccccc1CNCCCO. The van der Waals surface area contributed by atoms with E-state index in [-0.39, 0.29) is 6.61 Å². The number of aliphatic hydroxyl groups excluding tert-OH is 1. The van der Waals surface area contributed by atoms with Gasteiger partial charge in [-0.15, -0.1) is 0 Å². The molecule has 0 saturated heterocycles. The van der Waals surface area contributed by atoms with Crippen LogP contribution in [-0.4, -0.2) is 24.9 Å². The molecule has 0 heterocycles. The molecule has 1 rings (SSSR count). The van der Waals surface area contributed by atoms with Crippen molar-refractivity contribution in [3.05, 3.63) is 29.8 Å². The number of nitrogens with one attached hydrogen (secondary N) is 1. The van der Waals surface area contributed by atoms with Gasteiger partial charge in [0.25, 0.3) is 0 Å². The molecule has 19 heavy (non-hydrogen) atoms. The minimum absolute atomic E-state index is 0.239. The Balaban J connectivity index is 2.31. The van der Waals surface area contributed by atoms with E-state index in [1.54, 1.807) is 0 Å². The van der Waals surface area contributed by atoms with Crippen LogP contribution in [0.4, 0.5) is 0 Å². The van der Waals surface area contributed by atoms with Gasteiger partial charge in [0, 0.05) is 18.7 Å². The molecule has 0 unspecified atom stereocenters. The normalized spacial score (nSPS) is 10.6. The van der Waals surface area contributed by atoms with Crippen molar-refractivity contribution in [1.29, 1.82) is 0 Å². The van der Waals surface area contributed by atoms with Crippen LogP contribution in [-0.2, 0) is 6.54 Å². The van der Waals surface area contributed by atoms with Crippen molar-refractivity contribution in [2.75, 3.05) is 19.8 Å². The smallest absolute Gasteiger partial charge is 0.123 e. The number of hydrogen-bond donors (Lipinski definition) is 2. The second-order valence-corrected chi connectivity index (χ2v) is 4.77. The third kappa shape index (κ3) is 7.19. The average molecular weight is 265 g/mol. The van der Waals surface area contributed by atoms with Crippen molar-refractivity contribution in [3.8, 4) is 5.75 Å². The molecule has 0 saturated carbocycles. The first kappa shape index (κ1) is 16.0. The zero-order valence-electron chi connectivity index (χ0n) is 12.0. The molecule has 0 bridgehead atoms. The molecular weight excluding hydrogens is 238 g/mol. The Labute approximate surface area is 117 Å². The number of aliphatic hydroxyl groups is 1. The van der Waals surface area contributed by atoms with Gasteiger partial charge >= 0.3 is 0 Å². The number of benzene rings is 1. The molecule has 0 spiro atoms. The zero-order chi connectivity index (χ0) is 13.8.